The van der Waals surface area contributed by atoms with Gasteiger partial charge in [-0.3, -0.25) is 0 Å². The fraction of sp³-hybridized carbons (Fsp3) is 0.273. The van der Waals surface area contributed by atoms with E-state index in [0.29, 0.717) is 11.1 Å². The van der Waals surface area contributed by atoms with Crippen LogP contribution in [0.4, 0.5) is 0 Å². The van der Waals surface area contributed by atoms with Crippen molar-refractivity contribution in [3.63, 3.8) is 0 Å². The Morgan fingerprint density at radius 3 is 2.10 bits per heavy atom. The van der Waals surface area contributed by atoms with Crippen molar-refractivity contribution in [3.05, 3.63) is 94.9 Å². The van der Waals surface area contributed by atoms with Crippen LogP contribution in [0.15, 0.2) is 78.4 Å². The lowest BCUT2D eigenvalue weighted by atomic mass is 10.0. The van der Waals surface area contributed by atoms with E-state index in [2.05, 4.69) is 16.6 Å². The third-order valence-corrected chi connectivity index (χ3v) is 4.49. The van der Waals surface area contributed by atoms with Crippen molar-refractivity contribution in [2.75, 3.05) is 13.2 Å². The van der Waals surface area contributed by atoms with Gasteiger partial charge in [0, 0.05) is 4.91 Å². The Balaban J connectivity index is 1.89. The molecule has 31 heavy (non-hydrogen) atoms. The number of nitrogens with zero attached hydrogens (tertiary/aromatic N) is 3. The van der Waals surface area contributed by atoms with E-state index in [1.54, 1.807) is 60.7 Å². The van der Waals surface area contributed by atoms with E-state index in [1.165, 1.54) is 6.08 Å². The van der Waals surface area contributed by atoms with Crippen molar-refractivity contribution in [2.45, 2.75) is 24.5 Å². The normalized spacial score (nSPS) is 22.6. The molecule has 160 valence electrons. The Hall–Kier alpha value is -3.65. The average molecular weight is 423 g/mol. The van der Waals surface area contributed by atoms with E-state index >= 15 is 0 Å². The first-order valence-corrected chi connectivity index (χ1v) is 9.54. The molecule has 0 spiro atoms. The highest BCUT2D eigenvalue weighted by Gasteiger charge is 2.46. The van der Waals surface area contributed by atoms with E-state index in [0.717, 1.165) is 0 Å². The van der Waals surface area contributed by atoms with Gasteiger partial charge >= 0.3 is 11.9 Å². The molecule has 2 aromatic carbocycles. The molecule has 1 aliphatic rings. The van der Waals surface area contributed by atoms with Crippen molar-refractivity contribution in [1.29, 1.82) is 0 Å². The zero-order chi connectivity index (χ0) is 22.1. The molecule has 0 radical (unpaired) electrons. The SMILES string of the molecule is C=CCO[C@@H]1OC[C@H](N=[N+]=[N-])C(OC(=O)c2ccccc2)[C@@H]1OC(=O)c1ccccc1. The van der Waals surface area contributed by atoms with E-state index in [-0.39, 0.29) is 13.2 Å². The molecular formula is C22H21N3O6. The number of benzene rings is 2. The van der Waals surface area contributed by atoms with Crippen molar-refractivity contribution < 1.29 is 28.5 Å². The van der Waals surface area contributed by atoms with Gasteiger partial charge in [-0.15, -0.1) is 6.58 Å². The van der Waals surface area contributed by atoms with Crippen molar-refractivity contribution in [2.24, 2.45) is 5.11 Å². The van der Waals surface area contributed by atoms with Gasteiger partial charge < -0.3 is 18.9 Å². The van der Waals surface area contributed by atoms with E-state index in [1.807, 2.05) is 0 Å². The Kier molecular flexibility index (Phi) is 7.78. The van der Waals surface area contributed by atoms with Gasteiger partial charge in [0.2, 0.25) is 0 Å². The van der Waals surface area contributed by atoms with Crippen LogP contribution in [0.1, 0.15) is 20.7 Å². The minimum absolute atomic E-state index is 0.0853. The lowest BCUT2D eigenvalue weighted by molar-refractivity contribution is -0.243. The van der Waals surface area contributed by atoms with Gasteiger partial charge in [-0.2, -0.15) is 0 Å². The highest BCUT2D eigenvalue weighted by atomic mass is 16.7. The fourth-order valence-electron chi connectivity index (χ4n) is 3.03. The van der Waals surface area contributed by atoms with E-state index < -0.39 is 36.5 Å². The van der Waals surface area contributed by atoms with Crippen LogP contribution in [0.25, 0.3) is 10.4 Å². The van der Waals surface area contributed by atoms with Crippen molar-refractivity contribution >= 4 is 11.9 Å². The number of esters is 2. The summed E-state index contributed by atoms with van der Waals surface area (Å²) in [5.41, 5.74) is 9.54. The molecule has 3 rings (SSSR count). The highest BCUT2D eigenvalue weighted by molar-refractivity contribution is 5.90. The predicted octanol–water partition coefficient (Wildman–Crippen LogP) is 3.68. The first-order chi connectivity index (χ1) is 15.1. The second-order valence-electron chi connectivity index (χ2n) is 6.57. The Morgan fingerprint density at radius 1 is 1.03 bits per heavy atom. The van der Waals surface area contributed by atoms with Crippen LogP contribution in [-0.4, -0.2) is 49.7 Å². The molecule has 9 nitrogen and oxygen atoms in total. The minimum Gasteiger partial charge on any atom is -0.454 e. The first-order valence-electron chi connectivity index (χ1n) is 9.54. The summed E-state index contributed by atoms with van der Waals surface area (Å²) in [7, 11) is 0. The second-order valence-corrected chi connectivity index (χ2v) is 6.57. The molecule has 0 N–H and O–H groups in total. The predicted molar refractivity (Wildman–Crippen MR) is 110 cm³/mol. The summed E-state index contributed by atoms with van der Waals surface area (Å²) >= 11 is 0. The number of rotatable bonds is 8. The molecule has 2 aromatic rings. The zero-order valence-electron chi connectivity index (χ0n) is 16.6. The molecule has 1 aliphatic heterocycles. The third-order valence-electron chi connectivity index (χ3n) is 4.49. The summed E-state index contributed by atoms with van der Waals surface area (Å²) in [6, 6.07) is 15.7. The molecule has 1 fully saturated rings. The minimum atomic E-state index is -1.18. The van der Waals surface area contributed by atoms with Crippen molar-refractivity contribution in [1.82, 2.24) is 0 Å². The molecule has 4 atom stereocenters. The number of hydrogen-bond donors (Lipinski definition) is 0. The maximum atomic E-state index is 12.7. The van der Waals surface area contributed by atoms with Gasteiger partial charge in [-0.1, -0.05) is 47.6 Å². The molecule has 1 heterocycles. The number of carbonyl (C=O) groups excluding carboxylic acids is 2. The number of ether oxygens (including phenoxy) is 4. The second kappa shape index (κ2) is 10.9. The van der Waals surface area contributed by atoms with Gasteiger partial charge in [0.25, 0.3) is 0 Å². The summed E-state index contributed by atoms with van der Waals surface area (Å²) in [5.74, 6) is -1.32. The molecular weight excluding hydrogens is 402 g/mol. The number of carbonyl (C=O) groups is 2. The standard InChI is InChI=1S/C22H21N3O6/c1-2-13-28-22-19(31-21(27)16-11-7-4-8-12-16)18(17(14-29-22)24-25-23)30-20(26)15-9-5-3-6-10-15/h2-12,17-19,22H,1,13-14H2/t17-,18?,19-,22+/m0/s1. The molecule has 1 unspecified atom stereocenters. The quantitative estimate of drug-likeness (QED) is 0.210. The van der Waals surface area contributed by atoms with Crippen LogP contribution in [0.2, 0.25) is 0 Å². The summed E-state index contributed by atoms with van der Waals surface area (Å²) in [4.78, 5) is 28.2. The summed E-state index contributed by atoms with van der Waals surface area (Å²) in [6.07, 6.45) is -1.85. The largest absolute Gasteiger partial charge is 0.454 e. The van der Waals surface area contributed by atoms with Crippen LogP contribution in [-0.2, 0) is 18.9 Å². The zero-order valence-corrected chi connectivity index (χ0v) is 16.6. The van der Waals surface area contributed by atoms with Gasteiger partial charge in [-0.25, -0.2) is 9.59 Å². The first kappa shape index (κ1) is 22.0. The molecule has 1 saturated heterocycles. The smallest absolute Gasteiger partial charge is 0.338 e. The van der Waals surface area contributed by atoms with E-state index in [9.17, 15) is 9.59 Å². The number of azide groups is 1. The molecule has 0 amide bonds. The van der Waals surface area contributed by atoms with Crippen LogP contribution in [0.3, 0.4) is 0 Å². The van der Waals surface area contributed by atoms with Crippen LogP contribution < -0.4 is 0 Å². The average Bonchev–Trinajstić information content (AvgIpc) is 2.81. The fourth-order valence-corrected chi connectivity index (χ4v) is 3.03. The monoisotopic (exact) mass is 423 g/mol. The Labute approximate surface area is 178 Å². The molecule has 0 saturated carbocycles. The van der Waals surface area contributed by atoms with Crippen LogP contribution in [0, 0.1) is 0 Å². The molecule has 9 heteroatoms. The van der Waals surface area contributed by atoms with Gasteiger partial charge in [0.15, 0.2) is 18.5 Å². The maximum absolute atomic E-state index is 12.7. The lowest BCUT2D eigenvalue weighted by Crippen LogP contribution is -2.56. The third kappa shape index (κ3) is 5.70. The van der Waals surface area contributed by atoms with Gasteiger partial charge in [0.1, 0.15) is 6.04 Å². The lowest BCUT2D eigenvalue weighted by Gasteiger charge is -2.39. The van der Waals surface area contributed by atoms with E-state index in [4.69, 9.17) is 24.5 Å². The topological polar surface area (TPSA) is 120 Å². The Bertz CT molecular complexity index is 946. The van der Waals surface area contributed by atoms with Crippen LogP contribution in [0.5, 0.6) is 0 Å². The van der Waals surface area contributed by atoms with Crippen LogP contribution >= 0.6 is 0 Å². The van der Waals surface area contributed by atoms with Gasteiger partial charge in [-0.05, 0) is 29.8 Å². The summed E-state index contributed by atoms with van der Waals surface area (Å²) in [5, 5.41) is 3.67. The highest BCUT2D eigenvalue weighted by Crippen LogP contribution is 2.26. The molecule has 0 aromatic heterocycles. The molecule has 0 aliphatic carbocycles. The Morgan fingerprint density at radius 2 is 1.58 bits per heavy atom. The number of hydrogen-bond acceptors (Lipinski definition) is 7. The van der Waals surface area contributed by atoms with Crippen molar-refractivity contribution in [3.8, 4) is 0 Å². The summed E-state index contributed by atoms with van der Waals surface area (Å²) < 4.78 is 22.5. The maximum Gasteiger partial charge on any atom is 0.338 e. The molecule has 0 bridgehead atoms. The summed E-state index contributed by atoms with van der Waals surface area (Å²) in [6.45, 7) is 3.61. The van der Waals surface area contributed by atoms with Gasteiger partial charge in [0.05, 0.1) is 24.3 Å².